The minimum Gasteiger partial charge on any atom is -0.494 e. The average Bonchev–Trinajstić information content (AvgIpc) is 2.36. The van der Waals surface area contributed by atoms with Gasteiger partial charge >= 0.3 is 0 Å². The minimum absolute atomic E-state index is 0.171. The van der Waals surface area contributed by atoms with E-state index in [1.54, 1.807) is 0 Å². The third-order valence-electron chi connectivity index (χ3n) is 2.38. The van der Waals surface area contributed by atoms with Crippen LogP contribution in [-0.2, 0) is 6.54 Å². The first kappa shape index (κ1) is 13.3. The van der Waals surface area contributed by atoms with Crippen LogP contribution < -0.4 is 15.8 Å². The molecule has 1 atom stereocenters. The zero-order chi connectivity index (χ0) is 12.7. The van der Waals surface area contributed by atoms with Gasteiger partial charge in [0.15, 0.2) is 5.84 Å². The van der Waals surface area contributed by atoms with Crippen LogP contribution in [0.25, 0.3) is 0 Å². The molecule has 0 radical (unpaired) electrons. The maximum atomic E-state index is 8.52. The average molecular weight is 237 g/mol. The molecule has 0 heterocycles. The highest BCUT2D eigenvalue weighted by Crippen LogP contribution is 2.13. The molecule has 0 amide bonds. The summed E-state index contributed by atoms with van der Waals surface area (Å²) in [5.41, 5.74) is 6.56. The molecule has 17 heavy (non-hydrogen) atoms. The van der Waals surface area contributed by atoms with E-state index < -0.39 is 0 Å². The van der Waals surface area contributed by atoms with Gasteiger partial charge in [-0.2, -0.15) is 0 Å². The number of oxime groups is 1. The first-order chi connectivity index (χ1) is 8.17. The van der Waals surface area contributed by atoms with Gasteiger partial charge in [0.25, 0.3) is 0 Å². The van der Waals surface area contributed by atoms with E-state index in [1.165, 1.54) is 0 Å². The lowest BCUT2D eigenvalue weighted by Crippen LogP contribution is -2.38. The predicted molar refractivity (Wildman–Crippen MR) is 67.3 cm³/mol. The topological polar surface area (TPSA) is 79.9 Å². The largest absolute Gasteiger partial charge is 0.494 e. The number of hydrogen-bond acceptors (Lipinski definition) is 4. The summed E-state index contributed by atoms with van der Waals surface area (Å²) >= 11 is 0. The Kier molecular flexibility index (Phi) is 5.29. The van der Waals surface area contributed by atoms with Gasteiger partial charge < -0.3 is 21.0 Å². The smallest absolute Gasteiger partial charge is 0.156 e. The normalized spacial score (nSPS) is 13.4. The van der Waals surface area contributed by atoms with Crippen LogP contribution in [0.2, 0.25) is 0 Å². The molecule has 0 aromatic heterocycles. The molecular formula is C12H19N3O2. The SMILES string of the molecule is CCOc1cccc(CNC(C)C(N)=NO)c1. The maximum absolute atomic E-state index is 8.52. The highest BCUT2D eigenvalue weighted by Gasteiger charge is 2.06. The van der Waals surface area contributed by atoms with Gasteiger partial charge in [0, 0.05) is 6.54 Å². The van der Waals surface area contributed by atoms with E-state index in [2.05, 4.69) is 10.5 Å². The Hall–Kier alpha value is -1.75. The van der Waals surface area contributed by atoms with E-state index in [0.717, 1.165) is 11.3 Å². The molecule has 0 saturated carbocycles. The van der Waals surface area contributed by atoms with E-state index in [4.69, 9.17) is 15.7 Å². The zero-order valence-electron chi connectivity index (χ0n) is 10.2. The number of hydrogen-bond donors (Lipinski definition) is 3. The second kappa shape index (κ2) is 6.75. The van der Waals surface area contributed by atoms with E-state index in [0.29, 0.717) is 13.2 Å². The third-order valence-corrected chi connectivity index (χ3v) is 2.38. The Balaban J connectivity index is 2.54. The summed E-state index contributed by atoms with van der Waals surface area (Å²) in [4.78, 5) is 0. The molecule has 94 valence electrons. The molecule has 1 rings (SSSR count). The molecule has 0 aliphatic rings. The highest BCUT2D eigenvalue weighted by atomic mass is 16.5. The number of benzene rings is 1. The number of rotatable bonds is 6. The monoisotopic (exact) mass is 237 g/mol. The van der Waals surface area contributed by atoms with Crippen LogP contribution in [0.1, 0.15) is 19.4 Å². The fraction of sp³-hybridized carbons (Fsp3) is 0.417. The van der Waals surface area contributed by atoms with Gasteiger partial charge in [0.1, 0.15) is 5.75 Å². The van der Waals surface area contributed by atoms with Crippen LogP contribution in [0.15, 0.2) is 29.4 Å². The Morgan fingerprint density at radius 1 is 1.59 bits per heavy atom. The molecule has 0 saturated heterocycles. The summed E-state index contributed by atoms with van der Waals surface area (Å²) in [5, 5.41) is 14.6. The number of nitrogens with two attached hydrogens (primary N) is 1. The highest BCUT2D eigenvalue weighted by molar-refractivity contribution is 5.84. The van der Waals surface area contributed by atoms with Crippen LogP contribution in [0.5, 0.6) is 5.75 Å². The summed E-state index contributed by atoms with van der Waals surface area (Å²) in [6, 6.07) is 7.65. The number of ether oxygens (including phenoxy) is 1. The molecule has 1 aromatic carbocycles. The van der Waals surface area contributed by atoms with Crippen molar-refractivity contribution in [2.24, 2.45) is 10.9 Å². The Labute approximate surface area is 101 Å². The molecule has 0 aliphatic carbocycles. The quantitative estimate of drug-likeness (QED) is 0.301. The Morgan fingerprint density at radius 2 is 2.35 bits per heavy atom. The Morgan fingerprint density at radius 3 is 3.00 bits per heavy atom. The van der Waals surface area contributed by atoms with Crippen LogP contribution in [0.4, 0.5) is 0 Å². The molecule has 0 aliphatic heterocycles. The first-order valence-electron chi connectivity index (χ1n) is 5.60. The second-order valence-electron chi connectivity index (χ2n) is 3.71. The molecular weight excluding hydrogens is 218 g/mol. The zero-order valence-corrected chi connectivity index (χ0v) is 10.2. The predicted octanol–water partition coefficient (Wildman–Crippen LogP) is 1.31. The summed E-state index contributed by atoms with van der Waals surface area (Å²) in [7, 11) is 0. The van der Waals surface area contributed by atoms with Crippen LogP contribution >= 0.6 is 0 Å². The first-order valence-corrected chi connectivity index (χ1v) is 5.60. The molecule has 5 heteroatoms. The van der Waals surface area contributed by atoms with Crippen molar-refractivity contribution in [1.29, 1.82) is 0 Å². The Bertz CT molecular complexity index is 380. The number of nitrogens with one attached hydrogen (secondary N) is 1. The van der Waals surface area contributed by atoms with Crippen molar-refractivity contribution < 1.29 is 9.94 Å². The third kappa shape index (κ3) is 4.32. The molecule has 5 nitrogen and oxygen atoms in total. The van der Waals surface area contributed by atoms with Gasteiger partial charge in [0.2, 0.25) is 0 Å². The van der Waals surface area contributed by atoms with Crippen molar-refractivity contribution in [3.05, 3.63) is 29.8 Å². The van der Waals surface area contributed by atoms with Crippen molar-refractivity contribution in [2.75, 3.05) is 6.61 Å². The summed E-state index contributed by atoms with van der Waals surface area (Å²) < 4.78 is 5.41. The molecule has 1 aromatic rings. The van der Waals surface area contributed by atoms with Gasteiger partial charge in [-0.3, -0.25) is 0 Å². The lowest BCUT2D eigenvalue weighted by Gasteiger charge is -2.12. The minimum atomic E-state index is -0.171. The van der Waals surface area contributed by atoms with Gasteiger partial charge in [-0.1, -0.05) is 17.3 Å². The van der Waals surface area contributed by atoms with Crippen molar-refractivity contribution in [3.63, 3.8) is 0 Å². The molecule has 1 unspecified atom stereocenters. The van der Waals surface area contributed by atoms with E-state index in [1.807, 2.05) is 38.1 Å². The van der Waals surface area contributed by atoms with Crippen LogP contribution in [0.3, 0.4) is 0 Å². The molecule has 0 bridgehead atoms. The molecule has 0 fully saturated rings. The lowest BCUT2D eigenvalue weighted by molar-refractivity contribution is 0.315. The van der Waals surface area contributed by atoms with Gasteiger partial charge in [0.05, 0.1) is 12.6 Å². The van der Waals surface area contributed by atoms with E-state index in [-0.39, 0.29) is 11.9 Å². The maximum Gasteiger partial charge on any atom is 0.156 e. The van der Waals surface area contributed by atoms with Crippen LogP contribution in [0, 0.1) is 0 Å². The number of nitrogens with zero attached hydrogens (tertiary/aromatic N) is 1. The van der Waals surface area contributed by atoms with Crippen molar-refractivity contribution in [3.8, 4) is 5.75 Å². The fourth-order valence-electron chi connectivity index (χ4n) is 1.37. The van der Waals surface area contributed by atoms with Gasteiger partial charge in [-0.25, -0.2) is 0 Å². The summed E-state index contributed by atoms with van der Waals surface area (Å²) in [6.07, 6.45) is 0. The fourth-order valence-corrected chi connectivity index (χ4v) is 1.37. The second-order valence-corrected chi connectivity index (χ2v) is 3.71. The molecule has 4 N–H and O–H groups in total. The van der Waals surface area contributed by atoms with Crippen molar-refractivity contribution in [1.82, 2.24) is 5.32 Å². The summed E-state index contributed by atoms with van der Waals surface area (Å²) in [6.45, 7) is 5.07. The van der Waals surface area contributed by atoms with Gasteiger partial charge in [-0.05, 0) is 31.5 Å². The van der Waals surface area contributed by atoms with Crippen LogP contribution in [-0.4, -0.2) is 23.7 Å². The van der Waals surface area contributed by atoms with Crippen molar-refractivity contribution in [2.45, 2.75) is 26.4 Å². The number of amidine groups is 1. The summed E-state index contributed by atoms with van der Waals surface area (Å²) in [5.74, 6) is 1.02. The van der Waals surface area contributed by atoms with Gasteiger partial charge in [-0.15, -0.1) is 0 Å². The molecule has 0 spiro atoms. The standard InChI is InChI=1S/C12H19N3O2/c1-3-17-11-6-4-5-10(7-11)8-14-9(2)12(13)15-16/h4-7,9,14,16H,3,8H2,1-2H3,(H2,13,15). The lowest BCUT2D eigenvalue weighted by atomic mass is 10.2. The van der Waals surface area contributed by atoms with E-state index >= 15 is 0 Å². The van der Waals surface area contributed by atoms with E-state index in [9.17, 15) is 0 Å². The van der Waals surface area contributed by atoms with Crippen molar-refractivity contribution >= 4 is 5.84 Å².